The van der Waals surface area contributed by atoms with E-state index in [1.54, 1.807) is 26.1 Å². The van der Waals surface area contributed by atoms with Gasteiger partial charge in [0.15, 0.2) is 0 Å². The first kappa shape index (κ1) is 14.4. The van der Waals surface area contributed by atoms with Gasteiger partial charge in [-0.25, -0.2) is 0 Å². The van der Waals surface area contributed by atoms with Gasteiger partial charge in [0.25, 0.3) is 5.69 Å². The van der Waals surface area contributed by atoms with Crippen LogP contribution in [-0.4, -0.2) is 26.7 Å². The number of nitro groups is 2. The monoisotopic (exact) mass is 291 g/mol. The van der Waals surface area contributed by atoms with E-state index in [-0.39, 0.29) is 18.1 Å². The number of aromatic nitrogens is 2. The molecule has 21 heavy (non-hydrogen) atoms. The third-order valence-electron chi connectivity index (χ3n) is 3.00. The SMILES string of the molecule is CNc1c(Cn2cc(C)c([N+](=O)[O-])n2)cccc1[N+](=O)[O-]. The van der Waals surface area contributed by atoms with Crippen molar-refractivity contribution in [3.8, 4) is 0 Å². The van der Waals surface area contributed by atoms with Crippen molar-refractivity contribution in [2.24, 2.45) is 0 Å². The van der Waals surface area contributed by atoms with Crippen LogP contribution in [0.3, 0.4) is 0 Å². The molecule has 110 valence electrons. The first-order valence-corrected chi connectivity index (χ1v) is 6.06. The summed E-state index contributed by atoms with van der Waals surface area (Å²) in [5, 5.41) is 28.4. The zero-order valence-corrected chi connectivity index (χ0v) is 11.4. The molecule has 2 rings (SSSR count). The van der Waals surface area contributed by atoms with Crippen LogP contribution in [0.4, 0.5) is 17.2 Å². The van der Waals surface area contributed by atoms with Crippen LogP contribution in [0.2, 0.25) is 0 Å². The van der Waals surface area contributed by atoms with Crippen LogP contribution in [0.25, 0.3) is 0 Å². The molecular formula is C12H13N5O4. The Morgan fingerprint density at radius 3 is 2.52 bits per heavy atom. The van der Waals surface area contributed by atoms with E-state index in [1.165, 1.54) is 16.9 Å². The van der Waals surface area contributed by atoms with Crippen molar-refractivity contribution in [3.63, 3.8) is 0 Å². The predicted molar refractivity (Wildman–Crippen MR) is 75.4 cm³/mol. The molecule has 1 N–H and O–H groups in total. The van der Waals surface area contributed by atoms with Gasteiger partial charge in [0, 0.05) is 18.7 Å². The minimum absolute atomic E-state index is 0.0478. The molecule has 0 atom stereocenters. The van der Waals surface area contributed by atoms with E-state index in [4.69, 9.17) is 0 Å². The molecule has 0 aliphatic carbocycles. The van der Waals surface area contributed by atoms with Gasteiger partial charge in [-0.3, -0.25) is 10.1 Å². The second-order valence-corrected chi connectivity index (χ2v) is 4.41. The first-order chi connectivity index (χ1) is 9.93. The highest BCUT2D eigenvalue weighted by atomic mass is 16.6. The number of rotatable bonds is 5. The Labute approximate surface area is 119 Å². The average Bonchev–Trinajstić information content (AvgIpc) is 2.79. The summed E-state index contributed by atoms with van der Waals surface area (Å²) >= 11 is 0. The Hall–Kier alpha value is -2.97. The Balaban J connectivity index is 2.40. The number of anilines is 1. The van der Waals surface area contributed by atoms with Crippen molar-refractivity contribution in [1.82, 2.24) is 9.78 Å². The zero-order valence-electron chi connectivity index (χ0n) is 11.4. The summed E-state index contributed by atoms with van der Waals surface area (Å²) in [4.78, 5) is 20.7. The van der Waals surface area contributed by atoms with Gasteiger partial charge in [-0.2, -0.15) is 4.68 Å². The number of benzene rings is 1. The van der Waals surface area contributed by atoms with Crippen molar-refractivity contribution < 1.29 is 9.85 Å². The summed E-state index contributed by atoms with van der Waals surface area (Å²) in [5.74, 6) is -0.216. The number of nitro benzene ring substituents is 1. The minimum Gasteiger partial charge on any atom is -0.382 e. The van der Waals surface area contributed by atoms with Crippen LogP contribution in [0, 0.1) is 27.2 Å². The molecule has 0 radical (unpaired) electrons. The van der Waals surface area contributed by atoms with E-state index in [1.807, 2.05) is 0 Å². The summed E-state index contributed by atoms with van der Waals surface area (Å²) < 4.78 is 1.40. The lowest BCUT2D eigenvalue weighted by atomic mass is 10.1. The van der Waals surface area contributed by atoms with Crippen LogP contribution >= 0.6 is 0 Å². The number of hydrogen-bond donors (Lipinski definition) is 1. The van der Waals surface area contributed by atoms with Gasteiger partial charge < -0.3 is 15.4 Å². The predicted octanol–water partition coefficient (Wildman–Crippen LogP) is 2.10. The van der Waals surface area contributed by atoms with Gasteiger partial charge in [0.2, 0.25) is 0 Å². The highest BCUT2D eigenvalue weighted by Gasteiger charge is 2.20. The van der Waals surface area contributed by atoms with Crippen molar-refractivity contribution in [2.75, 3.05) is 12.4 Å². The molecule has 0 saturated carbocycles. The zero-order chi connectivity index (χ0) is 15.6. The van der Waals surface area contributed by atoms with Crippen molar-refractivity contribution in [3.05, 3.63) is 55.8 Å². The van der Waals surface area contributed by atoms with E-state index in [0.717, 1.165) is 0 Å². The number of nitrogens with zero attached hydrogens (tertiary/aromatic N) is 4. The molecule has 0 spiro atoms. The summed E-state index contributed by atoms with van der Waals surface area (Å²) in [6.07, 6.45) is 1.54. The number of nitrogens with one attached hydrogen (secondary N) is 1. The van der Waals surface area contributed by atoms with Gasteiger partial charge in [-0.1, -0.05) is 12.1 Å². The van der Waals surface area contributed by atoms with E-state index in [0.29, 0.717) is 16.8 Å². The second-order valence-electron chi connectivity index (χ2n) is 4.41. The van der Waals surface area contributed by atoms with Crippen LogP contribution in [0.5, 0.6) is 0 Å². The smallest absolute Gasteiger partial charge is 0.382 e. The van der Waals surface area contributed by atoms with Crippen LogP contribution in [-0.2, 0) is 6.54 Å². The molecule has 0 fully saturated rings. The molecule has 1 aromatic carbocycles. The summed E-state index contributed by atoms with van der Waals surface area (Å²) in [7, 11) is 1.59. The summed E-state index contributed by atoms with van der Waals surface area (Å²) in [5.41, 5.74) is 1.40. The Morgan fingerprint density at radius 1 is 1.29 bits per heavy atom. The highest BCUT2D eigenvalue weighted by Crippen LogP contribution is 2.28. The Bertz CT molecular complexity index is 710. The first-order valence-electron chi connectivity index (χ1n) is 6.06. The van der Waals surface area contributed by atoms with Crippen molar-refractivity contribution >= 4 is 17.2 Å². The largest absolute Gasteiger partial charge is 0.392 e. The fraction of sp³-hybridized carbons (Fsp3) is 0.250. The van der Waals surface area contributed by atoms with Gasteiger partial charge >= 0.3 is 5.82 Å². The average molecular weight is 291 g/mol. The number of hydrogen-bond acceptors (Lipinski definition) is 6. The van der Waals surface area contributed by atoms with Crippen molar-refractivity contribution in [2.45, 2.75) is 13.5 Å². The molecule has 1 aromatic heterocycles. The lowest BCUT2D eigenvalue weighted by molar-refractivity contribution is -0.390. The second kappa shape index (κ2) is 5.57. The Morgan fingerprint density at radius 2 is 2.00 bits per heavy atom. The minimum atomic E-state index is -0.557. The number of para-hydroxylation sites is 1. The number of aryl methyl sites for hydroxylation is 1. The molecule has 2 aromatic rings. The maximum Gasteiger partial charge on any atom is 0.392 e. The van der Waals surface area contributed by atoms with Gasteiger partial charge in [-0.05, 0) is 11.8 Å². The molecule has 0 saturated heterocycles. The van der Waals surface area contributed by atoms with Gasteiger partial charge in [-0.15, -0.1) is 0 Å². The van der Waals surface area contributed by atoms with Crippen molar-refractivity contribution in [1.29, 1.82) is 0 Å². The maximum atomic E-state index is 11.0. The molecule has 0 unspecified atom stereocenters. The van der Waals surface area contributed by atoms with E-state index in [9.17, 15) is 20.2 Å². The molecule has 0 amide bonds. The van der Waals surface area contributed by atoms with E-state index >= 15 is 0 Å². The van der Waals surface area contributed by atoms with Gasteiger partial charge in [0.05, 0.1) is 28.3 Å². The fourth-order valence-corrected chi connectivity index (χ4v) is 2.11. The lowest BCUT2D eigenvalue weighted by Crippen LogP contribution is -2.06. The quantitative estimate of drug-likeness (QED) is 0.666. The highest BCUT2D eigenvalue weighted by molar-refractivity contribution is 5.66. The topological polar surface area (TPSA) is 116 Å². The molecule has 9 nitrogen and oxygen atoms in total. The molecule has 0 aliphatic heterocycles. The van der Waals surface area contributed by atoms with Crippen LogP contribution < -0.4 is 5.32 Å². The lowest BCUT2D eigenvalue weighted by Gasteiger charge is -2.08. The van der Waals surface area contributed by atoms with Gasteiger partial charge in [0.1, 0.15) is 5.69 Å². The molecule has 0 bridgehead atoms. The van der Waals surface area contributed by atoms with Crippen LogP contribution in [0.1, 0.15) is 11.1 Å². The molecule has 0 aliphatic rings. The van der Waals surface area contributed by atoms with Crippen LogP contribution in [0.15, 0.2) is 24.4 Å². The standard InChI is InChI=1S/C12H13N5O4/c1-8-6-15(14-12(8)17(20)21)7-9-4-3-5-10(16(18)19)11(9)13-2/h3-6,13H,7H2,1-2H3. The normalized spacial score (nSPS) is 10.4. The molecule has 1 heterocycles. The van der Waals surface area contributed by atoms with E-state index < -0.39 is 9.85 Å². The third-order valence-corrected chi connectivity index (χ3v) is 3.00. The summed E-state index contributed by atoms with van der Waals surface area (Å²) in [6, 6.07) is 4.67. The maximum absolute atomic E-state index is 11.0. The molecular weight excluding hydrogens is 278 g/mol. The fourth-order valence-electron chi connectivity index (χ4n) is 2.11. The Kier molecular flexibility index (Phi) is 3.83. The molecule has 9 heteroatoms. The van der Waals surface area contributed by atoms with E-state index in [2.05, 4.69) is 10.4 Å². The third kappa shape index (κ3) is 2.81. The summed E-state index contributed by atoms with van der Waals surface area (Å²) in [6.45, 7) is 1.79.